The second kappa shape index (κ2) is 11.0. The molecule has 2 amide bonds. The predicted octanol–water partition coefficient (Wildman–Crippen LogP) is 4.20. The van der Waals surface area contributed by atoms with Crippen LogP contribution in [0.5, 0.6) is 11.5 Å². The summed E-state index contributed by atoms with van der Waals surface area (Å²) >= 11 is 6.32. The molecule has 7 heteroatoms. The molecule has 2 aromatic carbocycles. The number of methoxy groups -OCH3 is 1. The number of para-hydroxylation sites is 2. The molecule has 6 nitrogen and oxygen atoms in total. The number of hydrogen-bond acceptors (Lipinski definition) is 4. The number of ether oxygens (including phenoxy) is 2. The lowest BCUT2D eigenvalue weighted by atomic mass is 10.1. The van der Waals surface area contributed by atoms with Crippen LogP contribution in [0.1, 0.15) is 38.2 Å². The van der Waals surface area contributed by atoms with E-state index >= 15 is 0 Å². The highest BCUT2D eigenvalue weighted by Gasteiger charge is 2.29. The lowest BCUT2D eigenvalue weighted by Crippen LogP contribution is -2.50. The third-order valence-electron chi connectivity index (χ3n) is 5.59. The summed E-state index contributed by atoms with van der Waals surface area (Å²) in [4.78, 5) is 27.6. The molecule has 2 aromatic rings. The summed E-state index contributed by atoms with van der Waals surface area (Å²) in [6.07, 6.45) is 4.20. The largest absolute Gasteiger partial charge is 0.493 e. The van der Waals surface area contributed by atoms with Crippen molar-refractivity contribution in [1.29, 1.82) is 0 Å². The molecule has 0 radical (unpaired) electrons. The second-order valence-electron chi connectivity index (χ2n) is 7.72. The Morgan fingerprint density at radius 2 is 1.74 bits per heavy atom. The van der Waals surface area contributed by atoms with Crippen LogP contribution >= 0.6 is 11.6 Å². The highest BCUT2D eigenvalue weighted by Crippen LogP contribution is 2.26. The Hall–Kier alpha value is -2.73. The van der Waals surface area contributed by atoms with E-state index in [0.29, 0.717) is 16.5 Å². The van der Waals surface area contributed by atoms with Gasteiger partial charge in [0.05, 0.1) is 7.11 Å². The van der Waals surface area contributed by atoms with Crippen molar-refractivity contribution in [2.24, 2.45) is 0 Å². The number of nitrogens with zero attached hydrogens (tertiary/aromatic N) is 1. The zero-order valence-corrected chi connectivity index (χ0v) is 18.7. The van der Waals surface area contributed by atoms with Crippen LogP contribution in [0.2, 0.25) is 5.02 Å². The van der Waals surface area contributed by atoms with E-state index in [1.807, 2.05) is 30.3 Å². The number of nitrogens with one attached hydrogen (secondary N) is 1. The van der Waals surface area contributed by atoms with E-state index in [2.05, 4.69) is 5.32 Å². The molecule has 0 saturated heterocycles. The fourth-order valence-electron chi connectivity index (χ4n) is 3.75. The van der Waals surface area contributed by atoms with Gasteiger partial charge in [0.2, 0.25) is 5.91 Å². The average molecular weight is 445 g/mol. The quantitative estimate of drug-likeness (QED) is 0.629. The fraction of sp³-hybridized carbons (Fsp3) is 0.417. The topological polar surface area (TPSA) is 67.9 Å². The molecule has 0 heterocycles. The molecule has 1 aliphatic rings. The molecule has 1 fully saturated rings. The Labute approximate surface area is 188 Å². The number of carbonyl (C=O) groups excluding carboxylic acids is 2. The van der Waals surface area contributed by atoms with Gasteiger partial charge >= 0.3 is 0 Å². The maximum atomic E-state index is 13.2. The molecule has 0 bridgehead atoms. The van der Waals surface area contributed by atoms with Gasteiger partial charge in [0, 0.05) is 17.6 Å². The first-order chi connectivity index (χ1) is 15.0. The number of halogens is 1. The van der Waals surface area contributed by atoms with Gasteiger partial charge in [0.1, 0.15) is 6.04 Å². The van der Waals surface area contributed by atoms with Crippen LogP contribution in [-0.2, 0) is 16.1 Å². The van der Waals surface area contributed by atoms with Crippen LogP contribution in [0.25, 0.3) is 0 Å². The SMILES string of the molecule is COc1ccccc1OCC(=O)N(Cc1ccccc1Cl)C(C)C(=O)NC1CCCC1. The average Bonchev–Trinajstić information content (AvgIpc) is 3.29. The third kappa shape index (κ3) is 6.14. The van der Waals surface area contributed by atoms with Gasteiger partial charge in [0.25, 0.3) is 5.91 Å². The number of hydrogen-bond donors (Lipinski definition) is 1. The van der Waals surface area contributed by atoms with E-state index in [-0.39, 0.29) is 31.0 Å². The Morgan fingerprint density at radius 1 is 1.10 bits per heavy atom. The Morgan fingerprint density at radius 3 is 2.42 bits per heavy atom. The fourth-order valence-corrected chi connectivity index (χ4v) is 3.94. The molecule has 1 aliphatic carbocycles. The van der Waals surface area contributed by atoms with Crippen LogP contribution in [0.3, 0.4) is 0 Å². The molecule has 1 N–H and O–H groups in total. The van der Waals surface area contributed by atoms with Crippen molar-refractivity contribution in [3.05, 3.63) is 59.1 Å². The number of rotatable bonds is 9. The molecule has 1 saturated carbocycles. The summed E-state index contributed by atoms with van der Waals surface area (Å²) in [6.45, 7) is 1.74. The van der Waals surface area contributed by atoms with E-state index in [9.17, 15) is 9.59 Å². The summed E-state index contributed by atoms with van der Waals surface area (Å²) in [7, 11) is 1.54. The van der Waals surface area contributed by atoms with Gasteiger partial charge < -0.3 is 19.7 Å². The molecular formula is C24H29ClN2O4. The van der Waals surface area contributed by atoms with Gasteiger partial charge in [-0.1, -0.05) is 54.8 Å². The van der Waals surface area contributed by atoms with Crippen LogP contribution in [0.15, 0.2) is 48.5 Å². The molecule has 1 atom stereocenters. The number of amides is 2. The summed E-state index contributed by atoms with van der Waals surface area (Å²) in [5, 5.41) is 3.63. The molecular weight excluding hydrogens is 416 g/mol. The van der Waals surface area contributed by atoms with Crippen molar-refractivity contribution >= 4 is 23.4 Å². The first kappa shape index (κ1) is 22.9. The summed E-state index contributed by atoms with van der Waals surface area (Å²) < 4.78 is 11.0. The van der Waals surface area contributed by atoms with Gasteiger partial charge in [-0.25, -0.2) is 0 Å². The smallest absolute Gasteiger partial charge is 0.261 e. The van der Waals surface area contributed by atoms with Gasteiger partial charge in [-0.2, -0.15) is 0 Å². The van der Waals surface area contributed by atoms with E-state index in [0.717, 1.165) is 31.2 Å². The number of carbonyl (C=O) groups is 2. The molecule has 166 valence electrons. The molecule has 1 unspecified atom stereocenters. The molecule has 0 aromatic heterocycles. The lowest BCUT2D eigenvalue weighted by molar-refractivity contribution is -0.142. The minimum absolute atomic E-state index is 0.162. The van der Waals surface area contributed by atoms with Crippen molar-refractivity contribution in [2.75, 3.05) is 13.7 Å². The van der Waals surface area contributed by atoms with Crippen molar-refractivity contribution in [2.45, 2.75) is 51.2 Å². The van der Waals surface area contributed by atoms with E-state index in [4.69, 9.17) is 21.1 Å². The van der Waals surface area contributed by atoms with Crippen LogP contribution in [0, 0.1) is 0 Å². The van der Waals surface area contributed by atoms with Gasteiger partial charge in [-0.05, 0) is 43.5 Å². The standard InChI is InChI=1S/C24H29ClN2O4/c1-17(24(29)26-19-10-4-5-11-19)27(15-18-9-3-6-12-20(18)25)23(28)16-31-22-14-8-7-13-21(22)30-2/h3,6-9,12-14,17,19H,4-5,10-11,15-16H2,1-2H3,(H,26,29). The van der Waals surface area contributed by atoms with Crippen LogP contribution in [-0.4, -0.2) is 42.5 Å². The van der Waals surface area contributed by atoms with Crippen LogP contribution in [0.4, 0.5) is 0 Å². The first-order valence-electron chi connectivity index (χ1n) is 10.6. The lowest BCUT2D eigenvalue weighted by Gasteiger charge is -2.30. The van der Waals surface area contributed by atoms with Crippen LogP contribution < -0.4 is 14.8 Å². The molecule has 0 aliphatic heterocycles. The normalized spacial score (nSPS) is 14.7. The third-order valence-corrected chi connectivity index (χ3v) is 5.96. The molecule has 31 heavy (non-hydrogen) atoms. The van der Waals surface area contributed by atoms with E-state index < -0.39 is 6.04 Å². The zero-order valence-electron chi connectivity index (χ0n) is 18.0. The molecule has 3 rings (SSSR count). The summed E-state index contributed by atoms with van der Waals surface area (Å²) in [6, 6.07) is 14.0. The van der Waals surface area contributed by atoms with Gasteiger partial charge in [-0.15, -0.1) is 0 Å². The Kier molecular flexibility index (Phi) is 8.18. The van der Waals surface area contributed by atoms with E-state index in [1.165, 1.54) is 4.90 Å². The highest BCUT2D eigenvalue weighted by atomic mass is 35.5. The van der Waals surface area contributed by atoms with Crippen molar-refractivity contribution in [3.8, 4) is 11.5 Å². The summed E-state index contributed by atoms with van der Waals surface area (Å²) in [5.74, 6) is 0.545. The van der Waals surface area contributed by atoms with Gasteiger partial charge in [-0.3, -0.25) is 9.59 Å². The van der Waals surface area contributed by atoms with Crippen molar-refractivity contribution in [1.82, 2.24) is 10.2 Å². The Bertz CT molecular complexity index is 899. The van der Waals surface area contributed by atoms with Crippen molar-refractivity contribution < 1.29 is 19.1 Å². The molecule has 0 spiro atoms. The Balaban J connectivity index is 1.74. The minimum atomic E-state index is -0.661. The second-order valence-corrected chi connectivity index (χ2v) is 8.13. The predicted molar refractivity (Wildman–Crippen MR) is 120 cm³/mol. The van der Waals surface area contributed by atoms with E-state index in [1.54, 1.807) is 32.2 Å². The number of benzene rings is 2. The minimum Gasteiger partial charge on any atom is -0.493 e. The zero-order chi connectivity index (χ0) is 22.2. The summed E-state index contributed by atoms with van der Waals surface area (Å²) in [5.41, 5.74) is 0.773. The van der Waals surface area contributed by atoms with Crippen molar-refractivity contribution in [3.63, 3.8) is 0 Å². The maximum Gasteiger partial charge on any atom is 0.261 e. The van der Waals surface area contributed by atoms with Gasteiger partial charge in [0.15, 0.2) is 18.1 Å². The first-order valence-corrected chi connectivity index (χ1v) is 11.0. The monoisotopic (exact) mass is 444 g/mol. The maximum absolute atomic E-state index is 13.2. The highest BCUT2D eigenvalue weighted by molar-refractivity contribution is 6.31.